The highest BCUT2D eigenvalue weighted by molar-refractivity contribution is 7.10. The van der Waals surface area contributed by atoms with Crippen molar-refractivity contribution in [1.82, 2.24) is 10.3 Å². The Morgan fingerprint density at radius 1 is 1.14 bits per heavy atom. The van der Waals surface area contributed by atoms with Crippen LogP contribution < -0.4 is 5.32 Å². The smallest absolute Gasteiger partial charge is 0.0346 e. The number of hydrogen-bond acceptors (Lipinski definition) is 3. The van der Waals surface area contributed by atoms with E-state index in [1.54, 1.807) is 0 Å². The second kappa shape index (κ2) is 5.96. The molecule has 3 aromatic rings. The molecule has 0 saturated carbocycles. The fraction of sp³-hybridized carbons (Fsp3) is 0.278. The summed E-state index contributed by atoms with van der Waals surface area (Å²) in [5, 5.41) is 8.18. The minimum atomic E-state index is 0.176. The second-order valence-corrected chi connectivity index (χ2v) is 6.97. The highest BCUT2D eigenvalue weighted by Crippen LogP contribution is 2.26. The zero-order valence-corrected chi connectivity index (χ0v) is 13.3. The molecule has 0 aliphatic carbocycles. The molecule has 1 N–H and O–H groups in total. The molecule has 0 fully saturated rings. The average Bonchev–Trinajstić information content (AvgIpc) is 3.02. The summed E-state index contributed by atoms with van der Waals surface area (Å²) in [6.07, 6.45) is 3.76. The van der Waals surface area contributed by atoms with E-state index in [9.17, 15) is 0 Å². The fourth-order valence-electron chi connectivity index (χ4n) is 2.51. The van der Waals surface area contributed by atoms with Crippen molar-refractivity contribution in [3.63, 3.8) is 0 Å². The molecule has 2 heterocycles. The summed E-state index contributed by atoms with van der Waals surface area (Å²) in [6, 6.07) is 13.0. The standard InChI is InChI=1S/C18H20N2S/c1-18(2,17-4-3-9-21-17)13-20-11-14-5-6-16-12-19-8-7-15(16)10-14/h3-10,12,20H,11,13H2,1-2H3. The maximum Gasteiger partial charge on any atom is 0.0346 e. The van der Waals surface area contributed by atoms with Crippen LogP contribution in [-0.4, -0.2) is 11.5 Å². The van der Waals surface area contributed by atoms with Gasteiger partial charge in [0.2, 0.25) is 0 Å². The third kappa shape index (κ3) is 3.31. The van der Waals surface area contributed by atoms with Gasteiger partial charge in [-0.1, -0.05) is 32.0 Å². The van der Waals surface area contributed by atoms with Crippen LogP contribution in [0.15, 0.2) is 54.2 Å². The van der Waals surface area contributed by atoms with E-state index in [2.05, 4.69) is 65.9 Å². The first-order valence-corrected chi connectivity index (χ1v) is 8.10. The van der Waals surface area contributed by atoms with Gasteiger partial charge in [0, 0.05) is 41.2 Å². The summed E-state index contributed by atoms with van der Waals surface area (Å²) in [6.45, 7) is 6.45. The van der Waals surface area contributed by atoms with Crippen LogP contribution in [0.3, 0.4) is 0 Å². The maximum atomic E-state index is 4.15. The molecule has 21 heavy (non-hydrogen) atoms. The lowest BCUT2D eigenvalue weighted by Gasteiger charge is -2.23. The number of rotatable bonds is 5. The minimum Gasteiger partial charge on any atom is -0.312 e. The Kier molecular flexibility index (Phi) is 4.04. The normalized spacial score (nSPS) is 11.9. The number of nitrogens with one attached hydrogen (secondary N) is 1. The highest BCUT2D eigenvalue weighted by Gasteiger charge is 2.20. The van der Waals surface area contributed by atoms with Gasteiger partial charge in [-0.2, -0.15) is 0 Å². The van der Waals surface area contributed by atoms with Gasteiger partial charge in [-0.05, 0) is 34.5 Å². The van der Waals surface area contributed by atoms with Crippen molar-refractivity contribution in [3.05, 3.63) is 64.6 Å². The molecule has 2 aromatic heterocycles. The van der Waals surface area contributed by atoms with E-state index in [1.165, 1.54) is 21.2 Å². The van der Waals surface area contributed by atoms with Gasteiger partial charge >= 0.3 is 0 Å². The first-order valence-electron chi connectivity index (χ1n) is 7.22. The van der Waals surface area contributed by atoms with Crippen molar-refractivity contribution in [2.45, 2.75) is 25.8 Å². The molecule has 2 nitrogen and oxygen atoms in total. The number of nitrogens with zero attached hydrogens (tertiary/aromatic N) is 1. The number of pyridine rings is 1. The van der Waals surface area contributed by atoms with Crippen LogP contribution in [0.5, 0.6) is 0 Å². The zero-order chi connectivity index (χ0) is 14.7. The zero-order valence-electron chi connectivity index (χ0n) is 12.5. The molecule has 1 aromatic carbocycles. The van der Waals surface area contributed by atoms with E-state index in [0.717, 1.165) is 13.1 Å². The number of thiophene rings is 1. The number of benzene rings is 1. The van der Waals surface area contributed by atoms with Crippen molar-refractivity contribution in [2.75, 3.05) is 6.54 Å². The molecule has 108 valence electrons. The van der Waals surface area contributed by atoms with Crippen molar-refractivity contribution >= 4 is 22.1 Å². The van der Waals surface area contributed by atoms with Gasteiger partial charge in [0.15, 0.2) is 0 Å². The largest absolute Gasteiger partial charge is 0.312 e. The Morgan fingerprint density at radius 2 is 2.05 bits per heavy atom. The second-order valence-electron chi connectivity index (χ2n) is 6.02. The van der Waals surface area contributed by atoms with E-state index in [0.29, 0.717) is 0 Å². The van der Waals surface area contributed by atoms with Crippen molar-refractivity contribution in [2.24, 2.45) is 0 Å². The molecule has 0 saturated heterocycles. The molecule has 0 aliphatic rings. The third-order valence-electron chi connectivity index (χ3n) is 3.79. The van der Waals surface area contributed by atoms with E-state index in [4.69, 9.17) is 0 Å². The first-order chi connectivity index (χ1) is 10.1. The monoisotopic (exact) mass is 296 g/mol. The van der Waals surface area contributed by atoms with Crippen LogP contribution in [0.1, 0.15) is 24.3 Å². The quantitative estimate of drug-likeness (QED) is 0.756. The van der Waals surface area contributed by atoms with Crippen LogP contribution in [0.2, 0.25) is 0 Å². The molecule has 0 unspecified atom stereocenters. The molecule has 0 bridgehead atoms. The summed E-state index contributed by atoms with van der Waals surface area (Å²) in [4.78, 5) is 5.58. The van der Waals surface area contributed by atoms with Gasteiger partial charge in [-0.25, -0.2) is 0 Å². The Hall–Kier alpha value is -1.71. The summed E-state index contributed by atoms with van der Waals surface area (Å²) in [5.74, 6) is 0. The Labute approximate surface area is 129 Å². The predicted molar refractivity (Wildman–Crippen MR) is 90.8 cm³/mol. The molecule has 3 heteroatoms. The van der Waals surface area contributed by atoms with Gasteiger partial charge in [-0.3, -0.25) is 4.98 Å². The fourth-order valence-corrected chi connectivity index (χ4v) is 3.36. The summed E-state index contributed by atoms with van der Waals surface area (Å²) >= 11 is 1.83. The van der Waals surface area contributed by atoms with Gasteiger partial charge in [0.25, 0.3) is 0 Å². The van der Waals surface area contributed by atoms with Crippen molar-refractivity contribution in [3.8, 4) is 0 Å². The molecule has 0 spiro atoms. The van der Waals surface area contributed by atoms with E-state index >= 15 is 0 Å². The highest BCUT2D eigenvalue weighted by atomic mass is 32.1. The molecule has 0 atom stereocenters. The maximum absolute atomic E-state index is 4.15. The molecule has 0 aliphatic heterocycles. The number of fused-ring (bicyclic) bond motifs is 1. The topological polar surface area (TPSA) is 24.9 Å². The van der Waals surface area contributed by atoms with E-state index in [-0.39, 0.29) is 5.41 Å². The molecular weight excluding hydrogens is 276 g/mol. The van der Waals surface area contributed by atoms with Crippen LogP contribution in [-0.2, 0) is 12.0 Å². The lowest BCUT2D eigenvalue weighted by Crippen LogP contribution is -2.31. The van der Waals surface area contributed by atoms with Crippen LogP contribution in [0.4, 0.5) is 0 Å². The van der Waals surface area contributed by atoms with Crippen LogP contribution in [0.25, 0.3) is 10.8 Å². The molecule has 0 amide bonds. The lowest BCUT2D eigenvalue weighted by molar-refractivity contribution is 0.477. The summed E-state index contributed by atoms with van der Waals surface area (Å²) < 4.78 is 0. The Balaban J connectivity index is 1.64. The van der Waals surface area contributed by atoms with Gasteiger partial charge in [0.1, 0.15) is 0 Å². The number of aromatic nitrogens is 1. The lowest BCUT2D eigenvalue weighted by atomic mass is 9.91. The van der Waals surface area contributed by atoms with Gasteiger partial charge < -0.3 is 5.32 Å². The third-order valence-corrected chi connectivity index (χ3v) is 5.03. The van der Waals surface area contributed by atoms with Crippen molar-refractivity contribution < 1.29 is 0 Å². The minimum absolute atomic E-state index is 0.176. The first kappa shape index (κ1) is 14.2. The van der Waals surface area contributed by atoms with Gasteiger partial charge in [0.05, 0.1) is 0 Å². The predicted octanol–water partition coefficient (Wildman–Crippen LogP) is 4.36. The summed E-state index contributed by atoms with van der Waals surface area (Å²) in [5.41, 5.74) is 1.49. The Morgan fingerprint density at radius 3 is 2.86 bits per heavy atom. The molecule has 3 rings (SSSR count). The summed E-state index contributed by atoms with van der Waals surface area (Å²) in [7, 11) is 0. The molecule has 0 radical (unpaired) electrons. The average molecular weight is 296 g/mol. The van der Waals surface area contributed by atoms with Crippen molar-refractivity contribution in [1.29, 1.82) is 0 Å². The van der Waals surface area contributed by atoms with Gasteiger partial charge in [-0.15, -0.1) is 11.3 Å². The SMILES string of the molecule is CC(C)(CNCc1ccc2cnccc2c1)c1cccs1. The van der Waals surface area contributed by atoms with Crippen LogP contribution in [0, 0.1) is 0 Å². The van der Waals surface area contributed by atoms with E-state index < -0.39 is 0 Å². The van der Waals surface area contributed by atoms with Crippen LogP contribution >= 0.6 is 11.3 Å². The number of hydrogen-bond donors (Lipinski definition) is 1. The van der Waals surface area contributed by atoms with E-state index in [1.807, 2.05) is 23.7 Å². The molecular formula is C18H20N2S. The Bertz CT molecular complexity index is 717.